The van der Waals surface area contributed by atoms with E-state index in [1.807, 2.05) is 0 Å². The Morgan fingerprint density at radius 1 is 0.886 bits per heavy atom. The van der Waals surface area contributed by atoms with Gasteiger partial charge in [-0.2, -0.15) is 0 Å². The number of esters is 1. The average Bonchev–Trinajstić information content (AvgIpc) is 3.52. The minimum atomic E-state index is -1.14. The van der Waals surface area contributed by atoms with E-state index in [1.165, 1.54) is 9.80 Å². The number of carbonyl (C=O) groups is 6. The Kier molecular flexibility index (Phi) is 9.05. The van der Waals surface area contributed by atoms with Crippen LogP contribution in [0.2, 0.25) is 0 Å². The highest BCUT2D eigenvalue weighted by Crippen LogP contribution is 2.22. The van der Waals surface area contributed by atoms with Gasteiger partial charge in [-0.05, 0) is 45.4 Å². The minimum Gasteiger partial charge on any atom is -0.461 e. The van der Waals surface area contributed by atoms with E-state index in [1.54, 1.807) is 18.9 Å². The number of nitrogens with one attached hydrogen (secondary N) is 2. The largest absolute Gasteiger partial charge is 0.461 e. The molecule has 3 saturated heterocycles. The van der Waals surface area contributed by atoms with Gasteiger partial charge in [0.1, 0.15) is 30.8 Å². The lowest BCUT2D eigenvalue weighted by Crippen LogP contribution is -2.54. The molecule has 3 rings (SSSR count). The fourth-order valence-electron chi connectivity index (χ4n) is 4.92. The molecule has 4 unspecified atom stereocenters. The minimum absolute atomic E-state index is 0.207. The molecule has 0 radical (unpaired) electrons. The third-order valence-electron chi connectivity index (χ3n) is 6.86. The van der Waals surface area contributed by atoms with Crippen LogP contribution in [0.25, 0.3) is 0 Å². The predicted octanol–water partition coefficient (Wildman–Crippen LogP) is -1.23. The van der Waals surface area contributed by atoms with Gasteiger partial charge in [-0.15, -0.1) is 0 Å². The summed E-state index contributed by atoms with van der Waals surface area (Å²) in [6.07, 6.45) is 3.83. The molecule has 3 fully saturated rings. The SMILES string of the molecule is CC1NC(=O)CCCCN(C)C(=O)C2CCCN2C(=O)C(NC=O)COC(=O)C2CCCN2C1=O. The zero-order valence-corrected chi connectivity index (χ0v) is 20.4. The summed E-state index contributed by atoms with van der Waals surface area (Å²) in [4.78, 5) is 79.9. The molecule has 0 aromatic carbocycles. The second-order valence-corrected chi connectivity index (χ2v) is 9.35. The van der Waals surface area contributed by atoms with Crippen molar-refractivity contribution < 1.29 is 33.5 Å². The predicted molar refractivity (Wildman–Crippen MR) is 123 cm³/mol. The van der Waals surface area contributed by atoms with E-state index in [2.05, 4.69) is 10.6 Å². The van der Waals surface area contributed by atoms with E-state index in [9.17, 15) is 28.8 Å². The third kappa shape index (κ3) is 6.29. The third-order valence-corrected chi connectivity index (χ3v) is 6.86. The first kappa shape index (κ1) is 26.4. The smallest absolute Gasteiger partial charge is 0.328 e. The topological polar surface area (TPSA) is 145 Å². The molecule has 2 N–H and O–H groups in total. The Hall–Kier alpha value is -3.18. The van der Waals surface area contributed by atoms with Gasteiger partial charge in [-0.3, -0.25) is 24.0 Å². The van der Waals surface area contributed by atoms with Crippen LogP contribution in [0.1, 0.15) is 51.9 Å². The van der Waals surface area contributed by atoms with E-state index < -0.39 is 42.7 Å². The van der Waals surface area contributed by atoms with Gasteiger partial charge in [-0.25, -0.2) is 4.79 Å². The Balaban J connectivity index is 1.81. The quantitative estimate of drug-likeness (QED) is 0.362. The fraction of sp³-hybridized carbons (Fsp3) is 0.739. The Labute approximate surface area is 204 Å². The van der Waals surface area contributed by atoms with Gasteiger partial charge in [0.25, 0.3) is 0 Å². The molecule has 3 aliphatic heterocycles. The molecule has 4 atom stereocenters. The Bertz CT molecular complexity index is 850. The number of amides is 5. The summed E-state index contributed by atoms with van der Waals surface area (Å²) in [6, 6.07) is -3.43. The van der Waals surface area contributed by atoms with Crippen LogP contribution in [-0.2, 0) is 33.5 Å². The number of fused-ring (bicyclic) bond motifs is 2. The number of cyclic esters (lactones) is 1. The standard InChI is InChI=1S/C23H35N5O7/c1-15-20(31)28-12-6-8-18(28)23(34)35-13-16(24-14-29)21(32)27-11-5-7-17(27)22(33)26(2)10-4-3-9-19(30)25-15/h14-18H,3-13H2,1-2H3,(H,24,29)(H,25,30). The van der Waals surface area contributed by atoms with Gasteiger partial charge >= 0.3 is 5.97 Å². The molecule has 194 valence electrons. The average molecular weight is 494 g/mol. The molecule has 0 spiro atoms. The number of hydrogen-bond donors (Lipinski definition) is 2. The van der Waals surface area contributed by atoms with Crippen molar-refractivity contribution in [2.24, 2.45) is 0 Å². The van der Waals surface area contributed by atoms with E-state index >= 15 is 0 Å². The van der Waals surface area contributed by atoms with Crippen LogP contribution in [0.5, 0.6) is 0 Å². The molecule has 12 nitrogen and oxygen atoms in total. The summed E-state index contributed by atoms with van der Waals surface area (Å²) >= 11 is 0. The summed E-state index contributed by atoms with van der Waals surface area (Å²) in [5, 5.41) is 5.09. The molecule has 0 aliphatic carbocycles. The second-order valence-electron chi connectivity index (χ2n) is 9.35. The summed E-state index contributed by atoms with van der Waals surface area (Å²) in [5.41, 5.74) is 0. The highest BCUT2D eigenvalue weighted by atomic mass is 16.5. The number of ether oxygens (including phenoxy) is 1. The molecule has 0 aromatic heterocycles. The lowest BCUT2D eigenvalue weighted by atomic mass is 10.1. The molecule has 0 saturated carbocycles. The zero-order valence-electron chi connectivity index (χ0n) is 20.4. The molecule has 12 heteroatoms. The van der Waals surface area contributed by atoms with Crippen LogP contribution in [0.4, 0.5) is 0 Å². The normalized spacial score (nSPS) is 30.0. The number of carbonyl (C=O) groups excluding carboxylic acids is 6. The molecule has 35 heavy (non-hydrogen) atoms. The molecule has 5 amide bonds. The van der Waals surface area contributed by atoms with Gasteiger partial charge in [-0.1, -0.05) is 0 Å². The lowest BCUT2D eigenvalue weighted by Gasteiger charge is -2.31. The van der Waals surface area contributed by atoms with Crippen LogP contribution >= 0.6 is 0 Å². The van der Waals surface area contributed by atoms with Gasteiger partial charge in [0.2, 0.25) is 30.0 Å². The first-order valence-electron chi connectivity index (χ1n) is 12.3. The summed E-state index contributed by atoms with van der Waals surface area (Å²) in [5.74, 6) is -2.02. The summed E-state index contributed by atoms with van der Waals surface area (Å²) in [7, 11) is 1.66. The number of nitrogens with zero attached hydrogens (tertiary/aromatic N) is 3. The maximum atomic E-state index is 13.2. The maximum Gasteiger partial charge on any atom is 0.328 e. The van der Waals surface area contributed by atoms with Gasteiger partial charge in [0.05, 0.1) is 0 Å². The van der Waals surface area contributed by atoms with Crippen molar-refractivity contribution in [1.82, 2.24) is 25.3 Å². The van der Waals surface area contributed by atoms with Crippen molar-refractivity contribution in [3.05, 3.63) is 0 Å². The van der Waals surface area contributed by atoms with Gasteiger partial charge < -0.3 is 30.1 Å². The van der Waals surface area contributed by atoms with Crippen molar-refractivity contribution in [1.29, 1.82) is 0 Å². The summed E-state index contributed by atoms with van der Waals surface area (Å²) < 4.78 is 5.37. The lowest BCUT2D eigenvalue weighted by molar-refractivity contribution is -0.156. The van der Waals surface area contributed by atoms with Crippen molar-refractivity contribution in [3.8, 4) is 0 Å². The van der Waals surface area contributed by atoms with E-state index in [4.69, 9.17) is 4.74 Å². The van der Waals surface area contributed by atoms with E-state index in [-0.39, 0.29) is 24.1 Å². The van der Waals surface area contributed by atoms with Crippen molar-refractivity contribution in [2.45, 2.75) is 76.0 Å². The molecule has 0 aromatic rings. The van der Waals surface area contributed by atoms with Gasteiger partial charge in [0, 0.05) is 33.1 Å². The van der Waals surface area contributed by atoms with Crippen molar-refractivity contribution in [2.75, 3.05) is 33.3 Å². The zero-order chi connectivity index (χ0) is 25.5. The van der Waals surface area contributed by atoms with Crippen LogP contribution in [0, 0.1) is 0 Å². The van der Waals surface area contributed by atoms with Crippen LogP contribution < -0.4 is 10.6 Å². The van der Waals surface area contributed by atoms with Crippen molar-refractivity contribution in [3.63, 3.8) is 0 Å². The molecular weight excluding hydrogens is 458 g/mol. The highest BCUT2D eigenvalue weighted by molar-refractivity contribution is 5.92. The molecular formula is C23H35N5O7. The van der Waals surface area contributed by atoms with Crippen molar-refractivity contribution >= 4 is 36.0 Å². The molecule has 3 heterocycles. The fourth-order valence-corrected chi connectivity index (χ4v) is 4.92. The molecule has 0 bridgehead atoms. The van der Waals surface area contributed by atoms with Crippen LogP contribution in [0.15, 0.2) is 0 Å². The number of likely N-dealkylation sites (N-methyl/N-ethyl adjacent to an activating group) is 1. The first-order valence-corrected chi connectivity index (χ1v) is 12.3. The summed E-state index contributed by atoms with van der Waals surface area (Å²) in [6.45, 7) is 2.30. The van der Waals surface area contributed by atoms with Crippen LogP contribution in [0.3, 0.4) is 0 Å². The van der Waals surface area contributed by atoms with Crippen LogP contribution in [-0.4, -0.2) is 108 Å². The highest BCUT2D eigenvalue weighted by Gasteiger charge is 2.40. The number of hydrogen-bond acceptors (Lipinski definition) is 7. The van der Waals surface area contributed by atoms with E-state index in [0.717, 1.165) is 0 Å². The Morgan fingerprint density at radius 2 is 1.54 bits per heavy atom. The maximum absolute atomic E-state index is 13.2. The first-order chi connectivity index (χ1) is 16.7. The second kappa shape index (κ2) is 12.0. The van der Waals surface area contributed by atoms with Gasteiger partial charge in [0.15, 0.2) is 0 Å². The number of rotatable bonds is 2. The molecule has 3 aliphatic rings. The monoisotopic (exact) mass is 493 g/mol. The van der Waals surface area contributed by atoms with E-state index in [0.29, 0.717) is 64.6 Å². The Morgan fingerprint density at radius 3 is 2.23 bits per heavy atom.